The number of ether oxygens (including phenoxy) is 1. The number of hydrogen-bond donors (Lipinski definition) is 2. The topological polar surface area (TPSA) is 124 Å². The molecule has 1 aromatic carbocycles. The number of nitrogens with zero attached hydrogens (tertiary/aromatic N) is 3. The van der Waals surface area contributed by atoms with Crippen LogP contribution in [-0.2, 0) is 11.3 Å². The van der Waals surface area contributed by atoms with Gasteiger partial charge in [0.05, 0.1) is 17.8 Å². The number of halogens is 2. The Balaban J connectivity index is 1.33. The molecule has 0 radical (unpaired) electrons. The number of likely N-dealkylation sites (tertiary alicyclic amines) is 1. The van der Waals surface area contributed by atoms with Crippen molar-refractivity contribution in [1.82, 2.24) is 20.2 Å². The maximum Gasteiger partial charge on any atom is 0.255 e. The van der Waals surface area contributed by atoms with Crippen LogP contribution in [0, 0.1) is 0 Å². The Labute approximate surface area is 250 Å². The Morgan fingerprint density at radius 2 is 1.86 bits per heavy atom. The third-order valence-corrected chi connectivity index (χ3v) is 6.81. The van der Waals surface area contributed by atoms with E-state index in [0.717, 1.165) is 16.5 Å². The molecule has 9 nitrogen and oxygen atoms in total. The molecule has 14 heteroatoms. The molecule has 4 aromatic rings. The number of aromatic nitrogens is 2. The average molecular weight is 583 g/mol. The number of furan rings is 1. The van der Waals surface area contributed by atoms with Gasteiger partial charge < -0.3 is 25.1 Å². The van der Waals surface area contributed by atoms with E-state index in [1.165, 1.54) is 17.2 Å². The van der Waals surface area contributed by atoms with Crippen LogP contribution >= 0.6 is 0 Å². The van der Waals surface area contributed by atoms with Crippen molar-refractivity contribution >= 4 is 58.2 Å². The number of piperidine rings is 1. The summed E-state index contributed by atoms with van der Waals surface area (Å²) in [5.74, 6) is -1.91. The summed E-state index contributed by atoms with van der Waals surface area (Å²) in [5.41, 5.74) is 8.53. The summed E-state index contributed by atoms with van der Waals surface area (Å²) in [7, 11) is 5.77. The largest absolute Gasteiger partial charge is 0.510 e. The summed E-state index contributed by atoms with van der Waals surface area (Å²) in [6.07, 6.45) is 5.40. The zero-order chi connectivity index (χ0) is 30.8. The molecule has 0 saturated carbocycles. The monoisotopic (exact) mass is 583 g/mol. The highest BCUT2D eigenvalue weighted by Gasteiger charge is 2.35. The number of carbonyl (C=O) groups excluding carboxylic acids is 2. The number of fused-ring (bicyclic) bond motifs is 1. The molecule has 218 valence electrons. The lowest BCUT2D eigenvalue weighted by Crippen LogP contribution is -2.42. The predicted octanol–water partition coefficient (Wildman–Crippen LogP) is 1.56. The van der Waals surface area contributed by atoms with Gasteiger partial charge in [-0.3, -0.25) is 14.6 Å². The van der Waals surface area contributed by atoms with E-state index < -0.39 is 11.2 Å². The highest BCUT2D eigenvalue weighted by molar-refractivity contribution is 6.58. The Kier molecular flexibility index (Phi) is 8.30. The van der Waals surface area contributed by atoms with Gasteiger partial charge in [-0.2, -0.15) is 0 Å². The number of nitrogens with two attached hydrogens (primary N) is 1. The molecule has 5 rings (SSSR count). The van der Waals surface area contributed by atoms with Gasteiger partial charge in [0.25, 0.3) is 11.8 Å². The minimum absolute atomic E-state index is 0.0113. The van der Waals surface area contributed by atoms with E-state index in [4.69, 9.17) is 14.9 Å². The number of rotatable bonds is 8. The van der Waals surface area contributed by atoms with E-state index in [-0.39, 0.29) is 44.3 Å². The molecule has 1 aliphatic rings. The van der Waals surface area contributed by atoms with Crippen molar-refractivity contribution in [2.45, 2.75) is 30.6 Å². The number of nitrogen functional groups attached to an aromatic ring is 1. The van der Waals surface area contributed by atoms with Crippen molar-refractivity contribution in [3.8, 4) is 17.0 Å². The van der Waals surface area contributed by atoms with Gasteiger partial charge in [-0.25, -0.2) is 13.8 Å². The molecule has 0 spiro atoms. The first-order valence-electron chi connectivity index (χ1n) is 13.9. The van der Waals surface area contributed by atoms with E-state index >= 15 is 0 Å². The van der Waals surface area contributed by atoms with Crippen molar-refractivity contribution in [3.63, 3.8) is 0 Å². The predicted molar refractivity (Wildman–Crippen MR) is 168 cm³/mol. The Bertz CT molecular complexity index is 1660. The van der Waals surface area contributed by atoms with Crippen molar-refractivity contribution in [1.29, 1.82) is 0 Å². The first-order chi connectivity index (χ1) is 20.3. The molecule has 1 saturated heterocycles. The van der Waals surface area contributed by atoms with Gasteiger partial charge in [-0.1, -0.05) is 0 Å². The minimum atomic E-state index is -2.73. The van der Waals surface area contributed by atoms with Crippen LogP contribution in [0.3, 0.4) is 0 Å². The number of amides is 2. The van der Waals surface area contributed by atoms with E-state index in [1.807, 2.05) is 41.7 Å². The van der Waals surface area contributed by atoms with Crippen LogP contribution in [0.4, 0.5) is 14.6 Å². The van der Waals surface area contributed by atoms with Crippen LogP contribution in [0.25, 0.3) is 28.3 Å². The summed E-state index contributed by atoms with van der Waals surface area (Å²) in [5, 5.41) is 3.03. The van der Waals surface area contributed by atoms with Crippen LogP contribution in [-0.4, -0.2) is 74.5 Å². The second-order valence-electron chi connectivity index (χ2n) is 11.5. The van der Waals surface area contributed by atoms with Gasteiger partial charge in [-0.15, -0.1) is 0 Å². The van der Waals surface area contributed by atoms with Gasteiger partial charge >= 0.3 is 0 Å². The molecule has 0 atom stereocenters. The Morgan fingerprint density at radius 3 is 2.51 bits per heavy atom. The SMILES string of the molecule is BC(B)(B)Oc1cc(-c2ccc(C(=O)N3CCC(F)(F)CC3)cn2)cc2cc(CNC(=O)/C=C/c3ccc(N)nc3)oc12. The lowest BCUT2D eigenvalue weighted by molar-refractivity contribution is -0.116. The highest BCUT2D eigenvalue weighted by atomic mass is 19.3. The minimum Gasteiger partial charge on any atom is -0.510 e. The number of carbonyl (C=O) groups is 2. The lowest BCUT2D eigenvalue weighted by Gasteiger charge is -2.31. The summed E-state index contributed by atoms with van der Waals surface area (Å²) in [6, 6.07) is 12.3. The molecular weight excluding hydrogens is 553 g/mol. The van der Waals surface area contributed by atoms with Gasteiger partial charge in [0.15, 0.2) is 11.3 Å². The molecule has 3 N–H and O–H groups in total. The number of alkyl halides is 2. The fourth-order valence-corrected chi connectivity index (χ4v) is 4.65. The number of anilines is 1. The smallest absolute Gasteiger partial charge is 0.255 e. The van der Waals surface area contributed by atoms with Crippen molar-refractivity contribution < 1.29 is 27.5 Å². The Morgan fingerprint density at radius 1 is 1.09 bits per heavy atom. The highest BCUT2D eigenvalue weighted by Crippen LogP contribution is 2.35. The number of benzene rings is 1. The molecular formula is C29H30B3F2N5O4. The van der Waals surface area contributed by atoms with E-state index in [9.17, 15) is 18.4 Å². The quantitative estimate of drug-likeness (QED) is 0.239. The first-order valence-corrected chi connectivity index (χ1v) is 13.9. The van der Waals surface area contributed by atoms with Crippen molar-refractivity contribution in [2.24, 2.45) is 0 Å². The van der Waals surface area contributed by atoms with Crippen LogP contribution in [0.2, 0.25) is 0 Å². The van der Waals surface area contributed by atoms with Crippen LogP contribution in [0.5, 0.6) is 5.75 Å². The molecule has 2 amide bonds. The van der Waals surface area contributed by atoms with E-state index in [0.29, 0.717) is 34.2 Å². The molecule has 1 fully saturated rings. The molecule has 43 heavy (non-hydrogen) atoms. The number of pyridine rings is 2. The number of nitrogens with one attached hydrogen (secondary N) is 1. The molecule has 4 heterocycles. The van der Waals surface area contributed by atoms with Crippen molar-refractivity contribution in [3.05, 3.63) is 77.8 Å². The third-order valence-electron chi connectivity index (χ3n) is 6.81. The fraction of sp³-hybridized carbons (Fsp3) is 0.241. The second kappa shape index (κ2) is 11.9. The molecule has 0 aliphatic carbocycles. The van der Waals surface area contributed by atoms with Crippen LogP contribution < -0.4 is 15.8 Å². The maximum atomic E-state index is 13.5. The molecule has 3 aromatic heterocycles. The van der Waals surface area contributed by atoms with Gasteiger partial charge in [0.1, 0.15) is 35.1 Å². The number of hydrogen-bond acceptors (Lipinski definition) is 7. The summed E-state index contributed by atoms with van der Waals surface area (Å²) in [6.45, 7) is 0.175. The average Bonchev–Trinajstić information content (AvgIpc) is 3.38. The van der Waals surface area contributed by atoms with E-state index in [2.05, 4.69) is 15.3 Å². The summed E-state index contributed by atoms with van der Waals surface area (Å²) < 4.78 is 39.3. The normalized spacial score (nSPS) is 15.1. The summed E-state index contributed by atoms with van der Waals surface area (Å²) in [4.78, 5) is 35.2. The fourth-order valence-electron chi connectivity index (χ4n) is 4.65. The second-order valence-corrected chi connectivity index (χ2v) is 11.5. The zero-order valence-corrected chi connectivity index (χ0v) is 24.2. The van der Waals surface area contributed by atoms with Gasteiger partial charge in [0.2, 0.25) is 5.91 Å². The van der Waals surface area contributed by atoms with Gasteiger partial charge in [0, 0.05) is 60.6 Å². The van der Waals surface area contributed by atoms with Crippen LogP contribution in [0.1, 0.15) is 34.5 Å². The standard InChI is InChI=1S/C29H30B3F2N5O4/c30-29(31,32)43-23-13-19(22-4-3-18(15-36-22)27(41)39-9-7-28(33,34)8-10-39)11-20-12-21(42-26(20)23)16-38-25(40)6-2-17-1-5-24(35)37-14-17/h1-6,11-15H,7-10,16,30-32H2,(H2,35,37)(H,38,40)/b6-2+. The maximum absolute atomic E-state index is 13.5. The zero-order valence-electron chi connectivity index (χ0n) is 24.2. The molecule has 0 unspecified atom stereocenters. The van der Waals surface area contributed by atoms with Gasteiger partial charge in [-0.05, 0) is 54.1 Å². The first kappa shape index (κ1) is 29.9. The van der Waals surface area contributed by atoms with E-state index in [1.54, 1.807) is 36.5 Å². The Hall–Kier alpha value is -4.61. The third kappa shape index (κ3) is 7.62. The summed E-state index contributed by atoms with van der Waals surface area (Å²) >= 11 is 0. The van der Waals surface area contributed by atoms with Crippen molar-refractivity contribution in [2.75, 3.05) is 18.8 Å². The molecule has 0 bridgehead atoms. The lowest BCUT2D eigenvalue weighted by atomic mass is 9.52. The van der Waals surface area contributed by atoms with Crippen LogP contribution in [0.15, 0.2) is 65.4 Å². The molecule has 1 aliphatic heterocycles.